The number of phenols is 1. The van der Waals surface area contributed by atoms with Crippen LogP contribution < -0.4 is 5.73 Å². The number of carbonyl (C=O) groups is 3. The summed E-state index contributed by atoms with van der Waals surface area (Å²) in [6.07, 6.45) is 4.12. The van der Waals surface area contributed by atoms with E-state index in [-0.39, 0.29) is 31.1 Å². The molecule has 4 rings (SSSR count). The summed E-state index contributed by atoms with van der Waals surface area (Å²) in [5.74, 6) is 1.14. The number of rotatable bonds is 8. The van der Waals surface area contributed by atoms with Crippen molar-refractivity contribution in [1.82, 2.24) is 9.80 Å². The number of nitrogens with zero attached hydrogens (tertiary/aromatic N) is 2. The van der Waals surface area contributed by atoms with Gasteiger partial charge in [0.25, 0.3) is 0 Å². The summed E-state index contributed by atoms with van der Waals surface area (Å²) in [6.45, 7) is 0.764. The lowest BCUT2D eigenvalue weighted by Gasteiger charge is -2.37. The van der Waals surface area contributed by atoms with Crippen molar-refractivity contribution in [3.8, 4) is 5.75 Å². The number of hydrogen-bond donors (Lipinski definition) is 2. The quantitative estimate of drug-likeness (QED) is 0.279. The van der Waals surface area contributed by atoms with E-state index in [0.29, 0.717) is 19.5 Å². The lowest BCUT2D eigenvalue weighted by molar-refractivity contribution is -0.143. The first kappa shape index (κ1) is 34.2. The van der Waals surface area contributed by atoms with Crippen LogP contribution in [0.1, 0.15) is 48.8 Å². The molecular formula is C35H43N3O5S2. The standard InChI is InChI=1S/C35H43N3O5S2/c36-33(40)31(24-28-16-18-30(39)19-17-28)37-20-9-11-23-45-44-22-10-3-8-21-38(35(42)43-26-29-14-6-2-7-15-29)32(34(37)41)25-27-12-4-1-5-13-27/h1-2,4-7,12-19,31-32,39H,3,8-11,20-26H2,(H2,36,40)/t31-,32+/m1/s1. The summed E-state index contributed by atoms with van der Waals surface area (Å²) in [6, 6.07) is 23.8. The molecule has 0 aliphatic carbocycles. The number of ether oxygens (including phenoxy) is 1. The molecule has 1 aliphatic rings. The Morgan fingerprint density at radius 3 is 2.04 bits per heavy atom. The van der Waals surface area contributed by atoms with Crippen molar-refractivity contribution in [3.63, 3.8) is 0 Å². The Labute approximate surface area is 274 Å². The fourth-order valence-corrected chi connectivity index (χ4v) is 7.65. The minimum absolute atomic E-state index is 0.0881. The van der Waals surface area contributed by atoms with E-state index in [4.69, 9.17) is 10.5 Å². The number of hydrogen-bond acceptors (Lipinski definition) is 7. The molecule has 1 aliphatic heterocycles. The van der Waals surface area contributed by atoms with Gasteiger partial charge < -0.3 is 20.5 Å². The second-order valence-corrected chi connectivity index (χ2v) is 13.9. The topological polar surface area (TPSA) is 113 Å². The van der Waals surface area contributed by atoms with Gasteiger partial charge >= 0.3 is 6.09 Å². The predicted molar refractivity (Wildman–Crippen MR) is 182 cm³/mol. The number of aromatic hydroxyl groups is 1. The van der Waals surface area contributed by atoms with Crippen LogP contribution >= 0.6 is 21.6 Å². The number of benzene rings is 3. The molecule has 0 bridgehead atoms. The SMILES string of the molecule is NC(=O)[C@@H](Cc1ccc(O)cc1)N1CCCCSSCCCCCN(C(=O)OCc2ccccc2)[C@@H](Cc2ccccc2)C1=O. The summed E-state index contributed by atoms with van der Waals surface area (Å²) >= 11 is 0. The van der Waals surface area contributed by atoms with Crippen LogP contribution in [0.5, 0.6) is 5.75 Å². The fraction of sp³-hybridized carbons (Fsp3) is 0.400. The highest BCUT2D eigenvalue weighted by molar-refractivity contribution is 8.76. The molecule has 3 aromatic rings. The molecule has 0 spiro atoms. The Bertz CT molecular complexity index is 1340. The van der Waals surface area contributed by atoms with Crippen molar-refractivity contribution in [3.05, 3.63) is 102 Å². The highest BCUT2D eigenvalue weighted by atomic mass is 33.1. The van der Waals surface area contributed by atoms with E-state index in [2.05, 4.69) is 0 Å². The molecule has 0 aromatic heterocycles. The van der Waals surface area contributed by atoms with Gasteiger partial charge in [-0.15, -0.1) is 0 Å². The molecule has 10 heteroatoms. The van der Waals surface area contributed by atoms with Crippen LogP contribution in [0, 0.1) is 0 Å². The number of primary amides is 1. The third kappa shape index (κ3) is 11.0. The van der Waals surface area contributed by atoms with Gasteiger partial charge in [0, 0.05) is 37.4 Å². The van der Waals surface area contributed by atoms with Gasteiger partial charge in [-0.25, -0.2) is 4.79 Å². The molecule has 45 heavy (non-hydrogen) atoms. The first-order valence-electron chi connectivity index (χ1n) is 15.6. The molecule has 1 heterocycles. The van der Waals surface area contributed by atoms with Crippen LogP contribution in [0.25, 0.3) is 0 Å². The smallest absolute Gasteiger partial charge is 0.410 e. The zero-order valence-electron chi connectivity index (χ0n) is 25.6. The van der Waals surface area contributed by atoms with Gasteiger partial charge in [0.1, 0.15) is 24.4 Å². The van der Waals surface area contributed by atoms with E-state index in [9.17, 15) is 19.5 Å². The van der Waals surface area contributed by atoms with E-state index in [1.54, 1.807) is 34.1 Å². The van der Waals surface area contributed by atoms with Gasteiger partial charge in [0.15, 0.2) is 0 Å². The van der Waals surface area contributed by atoms with Gasteiger partial charge in [-0.05, 0) is 54.5 Å². The largest absolute Gasteiger partial charge is 0.508 e. The van der Waals surface area contributed by atoms with Gasteiger partial charge in [0.2, 0.25) is 11.8 Å². The molecule has 0 saturated carbocycles. The molecule has 1 saturated heterocycles. The van der Waals surface area contributed by atoms with E-state index in [1.807, 2.05) is 82.3 Å². The Hall–Kier alpha value is -3.63. The molecular weight excluding hydrogens is 607 g/mol. The molecule has 0 unspecified atom stereocenters. The maximum absolute atomic E-state index is 14.8. The van der Waals surface area contributed by atoms with Gasteiger partial charge in [-0.2, -0.15) is 0 Å². The van der Waals surface area contributed by atoms with Crippen molar-refractivity contribution in [2.75, 3.05) is 24.6 Å². The van der Waals surface area contributed by atoms with E-state index >= 15 is 0 Å². The molecule has 240 valence electrons. The minimum atomic E-state index is -0.930. The summed E-state index contributed by atoms with van der Waals surface area (Å²) in [7, 11) is 3.68. The first-order chi connectivity index (χ1) is 21.9. The monoisotopic (exact) mass is 649 g/mol. The highest BCUT2D eigenvalue weighted by Crippen LogP contribution is 2.26. The van der Waals surface area contributed by atoms with Crippen LogP contribution in [-0.2, 0) is 33.8 Å². The third-order valence-corrected chi connectivity index (χ3v) is 10.4. The zero-order valence-corrected chi connectivity index (χ0v) is 27.2. The van der Waals surface area contributed by atoms with Crippen molar-refractivity contribution in [1.29, 1.82) is 0 Å². The van der Waals surface area contributed by atoms with Gasteiger partial charge in [0.05, 0.1) is 0 Å². The summed E-state index contributed by atoms with van der Waals surface area (Å²) in [5, 5.41) is 9.79. The molecule has 1 fully saturated rings. The van der Waals surface area contributed by atoms with E-state index in [0.717, 1.165) is 53.9 Å². The minimum Gasteiger partial charge on any atom is -0.508 e. The zero-order chi connectivity index (χ0) is 31.9. The highest BCUT2D eigenvalue weighted by Gasteiger charge is 2.38. The maximum Gasteiger partial charge on any atom is 0.410 e. The molecule has 3 amide bonds. The normalized spacial score (nSPS) is 18.0. The van der Waals surface area contributed by atoms with Crippen molar-refractivity contribution < 1.29 is 24.2 Å². The number of nitrogens with two attached hydrogens (primary N) is 1. The average Bonchev–Trinajstić information content (AvgIpc) is 3.06. The van der Waals surface area contributed by atoms with E-state index < -0.39 is 24.1 Å². The molecule has 0 radical (unpaired) electrons. The Balaban J connectivity index is 1.70. The number of amides is 3. The van der Waals surface area contributed by atoms with Crippen LogP contribution in [0.4, 0.5) is 4.79 Å². The second-order valence-electron chi connectivity index (χ2n) is 11.2. The molecule has 3 N–H and O–H groups in total. The average molecular weight is 650 g/mol. The lowest BCUT2D eigenvalue weighted by Crippen LogP contribution is -2.58. The lowest BCUT2D eigenvalue weighted by atomic mass is 9.99. The maximum atomic E-state index is 14.8. The molecule has 3 aromatic carbocycles. The van der Waals surface area contributed by atoms with Crippen LogP contribution in [0.3, 0.4) is 0 Å². The van der Waals surface area contributed by atoms with Gasteiger partial charge in [-0.1, -0.05) is 101 Å². The van der Waals surface area contributed by atoms with Crippen molar-refractivity contribution in [2.45, 2.75) is 63.6 Å². The van der Waals surface area contributed by atoms with E-state index in [1.165, 1.54) is 0 Å². The molecule has 8 nitrogen and oxygen atoms in total. The van der Waals surface area contributed by atoms with Crippen LogP contribution in [-0.4, -0.2) is 69.5 Å². The first-order valence-corrected chi connectivity index (χ1v) is 18.0. The number of carbonyl (C=O) groups excluding carboxylic acids is 3. The summed E-state index contributed by atoms with van der Waals surface area (Å²) < 4.78 is 5.82. The number of phenolic OH excluding ortho intramolecular Hbond substituents is 1. The third-order valence-electron chi connectivity index (χ3n) is 7.81. The molecule has 2 atom stereocenters. The van der Waals surface area contributed by atoms with Gasteiger partial charge in [-0.3, -0.25) is 14.5 Å². The Morgan fingerprint density at radius 2 is 1.40 bits per heavy atom. The fourth-order valence-electron chi connectivity index (χ4n) is 5.36. The summed E-state index contributed by atoms with van der Waals surface area (Å²) in [5.41, 5.74) is 8.52. The summed E-state index contributed by atoms with van der Waals surface area (Å²) in [4.78, 5) is 44.8. The Kier molecular flexibility index (Phi) is 14.0. The van der Waals surface area contributed by atoms with Crippen molar-refractivity contribution >= 4 is 39.5 Å². The second kappa shape index (κ2) is 18.4. The Morgan fingerprint density at radius 1 is 0.800 bits per heavy atom. The predicted octanol–water partition coefficient (Wildman–Crippen LogP) is 6.21. The van der Waals surface area contributed by atoms with Crippen LogP contribution in [0.15, 0.2) is 84.9 Å². The van der Waals surface area contributed by atoms with Crippen LogP contribution in [0.2, 0.25) is 0 Å². The van der Waals surface area contributed by atoms with Crippen molar-refractivity contribution in [2.24, 2.45) is 5.73 Å².